The fourth-order valence-corrected chi connectivity index (χ4v) is 2.31. The van der Waals surface area contributed by atoms with Gasteiger partial charge in [0.05, 0.1) is 18.3 Å². The Balaban J connectivity index is 2.03. The monoisotopic (exact) mass is 264 g/mol. The van der Waals surface area contributed by atoms with Crippen molar-refractivity contribution in [3.05, 3.63) is 18.0 Å². The topological polar surface area (TPSA) is 50.2 Å². The van der Waals surface area contributed by atoms with Crippen LogP contribution in [0.25, 0.3) is 0 Å². The zero-order chi connectivity index (χ0) is 13.8. The smallest absolute Gasteiger partial charge is 0.239 e. The first-order valence-corrected chi connectivity index (χ1v) is 7.18. The van der Waals surface area contributed by atoms with Crippen molar-refractivity contribution in [2.45, 2.75) is 52.2 Å². The molecule has 1 aliphatic heterocycles. The normalized spacial score (nSPS) is 22.4. The second-order valence-corrected chi connectivity index (χ2v) is 5.33. The minimum atomic E-state index is -0.0841. The fraction of sp³-hybridized carbons (Fsp3) is 0.714. The molecule has 0 saturated carbocycles. The van der Waals surface area contributed by atoms with Crippen LogP contribution in [0.5, 0.6) is 0 Å². The van der Waals surface area contributed by atoms with Gasteiger partial charge in [0.1, 0.15) is 0 Å². The number of aromatic nitrogens is 2. The Bertz CT molecular complexity index is 429. The molecule has 2 rings (SSSR count). The molecule has 0 bridgehead atoms. The molecule has 5 heteroatoms. The molecule has 1 aromatic rings. The zero-order valence-corrected chi connectivity index (χ0v) is 12.1. The van der Waals surface area contributed by atoms with Gasteiger partial charge in [-0.25, -0.2) is 0 Å². The summed E-state index contributed by atoms with van der Waals surface area (Å²) in [5.41, 5.74) is 0.975. The van der Waals surface area contributed by atoms with Crippen molar-refractivity contribution in [1.29, 1.82) is 0 Å². The van der Waals surface area contributed by atoms with Gasteiger partial charge in [0.25, 0.3) is 0 Å². The van der Waals surface area contributed by atoms with Crippen molar-refractivity contribution in [2.24, 2.45) is 0 Å². The van der Waals surface area contributed by atoms with Gasteiger partial charge in [-0.05, 0) is 39.3 Å². The van der Waals surface area contributed by atoms with Gasteiger partial charge in [-0.2, -0.15) is 5.10 Å². The van der Waals surface area contributed by atoms with Gasteiger partial charge in [-0.1, -0.05) is 6.92 Å². The maximum atomic E-state index is 12.2. The Kier molecular flexibility index (Phi) is 4.58. The first-order chi connectivity index (χ1) is 9.11. The minimum absolute atomic E-state index is 0.0841. The number of carbonyl (C=O) groups is 1. The average molecular weight is 264 g/mol. The molecule has 0 aliphatic carbocycles. The van der Waals surface area contributed by atoms with E-state index in [9.17, 15) is 4.79 Å². The van der Waals surface area contributed by atoms with Crippen molar-refractivity contribution in [1.82, 2.24) is 20.0 Å². The molecule has 1 aliphatic rings. The molecule has 1 saturated heterocycles. The molecule has 1 aromatic heterocycles. The molecule has 1 amide bonds. The number of hydrogen-bond donors (Lipinski definition) is 1. The lowest BCUT2D eigenvalue weighted by molar-refractivity contribution is -0.132. The van der Waals surface area contributed by atoms with Gasteiger partial charge in [-0.3, -0.25) is 9.48 Å². The summed E-state index contributed by atoms with van der Waals surface area (Å²) in [4.78, 5) is 14.1. The lowest BCUT2D eigenvalue weighted by atomic mass is 10.3. The number of amides is 1. The summed E-state index contributed by atoms with van der Waals surface area (Å²) >= 11 is 0. The van der Waals surface area contributed by atoms with Gasteiger partial charge in [-0.15, -0.1) is 0 Å². The lowest BCUT2D eigenvalue weighted by Gasteiger charge is -2.21. The highest BCUT2D eigenvalue weighted by molar-refractivity contribution is 5.81. The molecule has 1 fully saturated rings. The average Bonchev–Trinajstić information content (AvgIpc) is 2.82. The third-order valence-corrected chi connectivity index (χ3v) is 3.80. The number of carbonyl (C=O) groups excluding carboxylic acids is 1. The van der Waals surface area contributed by atoms with Crippen molar-refractivity contribution in [3.63, 3.8) is 0 Å². The van der Waals surface area contributed by atoms with Crippen LogP contribution >= 0.6 is 0 Å². The van der Waals surface area contributed by atoms with Crippen LogP contribution in [0.3, 0.4) is 0 Å². The highest BCUT2D eigenvalue weighted by Crippen LogP contribution is 2.12. The molecule has 0 aromatic carbocycles. The van der Waals surface area contributed by atoms with Crippen molar-refractivity contribution >= 4 is 5.91 Å². The summed E-state index contributed by atoms with van der Waals surface area (Å²) in [6.45, 7) is 8.57. The number of rotatable bonds is 4. The molecule has 2 heterocycles. The molecule has 2 unspecified atom stereocenters. The largest absolute Gasteiger partial charge is 0.335 e. The SMILES string of the molecule is CCC(C)n1ccc(CN2CCCNC(C)C2=O)n1. The van der Waals surface area contributed by atoms with E-state index in [0.29, 0.717) is 12.6 Å². The summed E-state index contributed by atoms with van der Waals surface area (Å²) in [6.07, 6.45) is 4.07. The van der Waals surface area contributed by atoms with Crippen molar-refractivity contribution in [2.75, 3.05) is 13.1 Å². The lowest BCUT2D eigenvalue weighted by Crippen LogP contribution is -2.41. The summed E-state index contributed by atoms with van der Waals surface area (Å²) in [7, 11) is 0. The van der Waals surface area contributed by atoms with Gasteiger partial charge < -0.3 is 10.2 Å². The molecule has 0 radical (unpaired) electrons. The Morgan fingerprint density at radius 1 is 1.58 bits per heavy atom. The van der Waals surface area contributed by atoms with Crippen molar-refractivity contribution in [3.8, 4) is 0 Å². The first-order valence-electron chi connectivity index (χ1n) is 7.18. The first kappa shape index (κ1) is 14.1. The van der Waals surface area contributed by atoms with Gasteiger partial charge in [0.15, 0.2) is 0 Å². The number of nitrogens with zero attached hydrogens (tertiary/aromatic N) is 3. The van der Waals surface area contributed by atoms with Crippen LogP contribution in [0, 0.1) is 0 Å². The molecule has 19 heavy (non-hydrogen) atoms. The van der Waals surface area contributed by atoms with Crippen LogP contribution in [-0.2, 0) is 11.3 Å². The van der Waals surface area contributed by atoms with Crippen LogP contribution in [0.1, 0.15) is 45.3 Å². The third kappa shape index (κ3) is 3.35. The highest BCUT2D eigenvalue weighted by Gasteiger charge is 2.23. The standard InChI is InChI=1S/C14H24N4O/c1-4-11(2)18-9-6-13(16-18)10-17-8-5-7-15-12(3)14(17)19/h6,9,11-12,15H,4-5,7-8,10H2,1-3H3. The zero-order valence-electron chi connectivity index (χ0n) is 12.1. The number of nitrogens with one attached hydrogen (secondary N) is 1. The van der Waals surface area contributed by atoms with E-state index >= 15 is 0 Å². The van der Waals surface area contributed by atoms with E-state index < -0.39 is 0 Å². The third-order valence-electron chi connectivity index (χ3n) is 3.80. The predicted molar refractivity (Wildman–Crippen MR) is 74.7 cm³/mol. The summed E-state index contributed by atoms with van der Waals surface area (Å²) in [5.74, 6) is 0.176. The Hall–Kier alpha value is -1.36. The number of hydrogen-bond acceptors (Lipinski definition) is 3. The van der Waals surface area contributed by atoms with Crippen LogP contribution < -0.4 is 5.32 Å². The van der Waals surface area contributed by atoms with E-state index in [1.807, 2.05) is 28.8 Å². The van der Waals surface area contributed by atoms with Crippen LogP contribution in [-0.4, -0.2) is 39.7 Å². The van der Waals surface area contributed by atoms with Gasteiger partial charge in [0, 0.05) is 18.8 Å². The minimum Gasteiger partial charge on any atom is -0.335 e. The summed E-state index contributed by atoms with van der Waals surface area (Å²) in [6, 6.07) is 2.34. The molecule has 2 atom stereocenters. The fourth-order valence-electron chi connectivity index (χ4n) is 2.31. The second kappa shape index (κ2) is 6.19. The van der Waals surface area contributed by atoms with Gasteiger partial charge in [0.2, 0.25) is 5.91 Å². The van der Waals surface area contributed by atoms with E-state index in [1.54, 1.807) is 0 Å². The quantitative estimate of drug-likeness (QED) is 0.898. The maximum Gasteiger partial charge on any atom is 0.239 e. The van der Waals surface area contributed by atoms with E-state index in [0.717, 1.165) is 31.6 Å². The predicted octanol–water partition coefficient (Wildman–Crippen LogP) is 1.56. The molecule has 1 N–H and O–H groups in total. The van der Waals surface area contributed by atoms with Crippen LogP contribution in [0.15, 0.2) is 12.3 Å². The molecule has 0 spiro atoms. The molecule has 106 valence electrons. The van der Waals surface area contributed by atoms with E-state index in [1.165, 1.54) is 0 Å². The van der Waals surface area contributed by atoms with E-state index in [-0.39, 0.29) is 11.9 Å². The van der Waals surface area contributed by atoms with Crippen molar-refractivity contribution < 1.29 is 4.79 Å². The Labute approximate surface area is 115 Å². The maximum absolute atomic E-state index is 12.2. The highest BCUT2D eigenvalue weighted by atomic mass is 16.2. The summed E-state index contributed by atoms with van der Waals surface area (Å²) in [5, 5.41) is 7.79. The molecular weight excluding hydrogens is 240 g/mol. The summed E-state index contributed by atoms with van der Waals surface area (Å²) < 4.78 is 1.99. The van der Waals surface area contributed by atoms with Gasteiger partial charge >= 0.3 is 0 Å². The van der Waals surface area contributed by atoms with E-state index in [2.05, 4.69) is 24.3 Å². The van der Waals surface area contributed by atoms with Crippen LogP contribution in [0.2, 0.25) is 0 Å². The second-order valence-electron chi connectivity index (χ2n) is 5.33. The van der Waals surface area contributed by atoms with E-state index in [4.69, 9.17) is 0 Å². The Morgan fingerprint density at radius 2 is 2.37 bits per heavy atom. The molecular formula is C14H24N4O. The Morgan fingerprint density at radius 3 is 3.11 bits per heavy atom. The molecule has 5 nitrogen and oxygen atoms in total. The van der Waals surface area contributed by atoms with Crippen LogP contribution in [0.4, 0.5) is 0 Å².